The van der Waals surface area contributed by atoms with E-state index < -0.39 is 14.2 Å². The van der Waals surface area contributed by atoms with Crippen molar-refractivity contribution >= 4 is 79.6 Å². The fraction of sp³-hybridized carbons (Fsp3) is 0. The maximum absolute atomic E-state index is 4.96. The normalized spacial score (nSPS) is 7.50. The quantitative estimate of drug-likeness (QED) is 0.656. The Labute approximate surface area is 97.4 Å². The van der Waals surface area contributed by atoms with Crippen LogP contribution in [0.15, 0.2) is 0 Å². The molecule has 0 bridgehead atoms. The summed E-state index contributed by atoms with van der Waals surface area (Å²) in [5.41, 5.74) is 0. The summed E-state index contributed by atoms with van der Waals surface area (Å²) in [7, 11) is 14.9. The molecule has 3 N–H and O–H groups in total. The van der Waals surface area contributed by atoms with Crippen molar-refractivity contribution in [3.8, 4) is 0 Å². The van der Waals surface area contributed by atoms with Crippen LogP contribution in [0.2, 0.25) is 0 Å². The molecule has 0 amide bonds. The van der Waals surface area contributed by atoms with E-state index >= 15 is 0 Å². The predicted molar refractivity (Wildman–Crippen MR) is 29.7 cm³/mol. The van der Waals surface area contributed by atoms with E-state index in [1.54, 1.807) is 0 Å². The zero-order valence-corrected chi connectivity index (χ0v) is 6.70. The van der Waals surface area contributed by atoms with Gasteiger partial charge in [0.05, 0.1) is 0 Å². The Kier molecular flexibility index (Phi) is 29.5. The first-order chi connectivity index (χ1) is 1.73. The second-order valence-electron chi connectivity index (χ2n) is 0.136. The molecule has 0 saturated heterocycles. The number of hydrogen-bond donors (Lipinski definition) is 1. The summed E-state index contributed by atoms with van der Waals surface area (Å²) < 4.78 is 0. The van der Waals surface area contributed by atoms with Gasteiger partial charge in [0.2, 0.25) is 0 Å². The summed E-state index contributed by atoms with van der Waals surface area (Å²) in [6, 6.07) is 0. The van der Waals surface area contributed by atoms with Crippen molar-refractivity contribution < 1.29 is 14.2 Å². The Morgan fingerprint density at radius 3 is 1.00 bits per heavy atom. The van der Waals surface area contributed by atoms with Gasteiger partial charge in [-0.2, -0.15) is 0 Å². The molecule has 0 saturated carbocycles. The SMILES string of the molecule is N.[Cl][Pt]([Cl])[Cl].[KH]. The average Bonchev–Trinajstić information content (AvgIpc) is 0.811. The fourth-order valence-corrected chi connectivity index (χ4v) is 0. The Balaban J connectivity index is -0.0000000450. The van der Waals surface area contributed by atoms with Gasteiger partial charge in [-0.15, -0.1) is 0 Å². The van der Waals surface area contributed by atoms with Crippen molar-refractivity contribution in [2.24, 2.45) is 0 Å². The Bertz CT molecular complexity index is 15.5. The summed E-state index contributed by atoms with van der Waals surface area (Å²) in [5, 5.41) is 0. The molecule has 0 aliphatic rings. The van der Waals surface area contributed by atoms with Crippen LogP contribution in [0.1, 0.15) is 0 Å². The van der Waals surface area contributed by atoms with E-state index in [4.69, 9.17) is 28.3 Å². The van der Waals surface area contributed by atoms with Gasteiger partial charge in [0.15, 0.2) is 0 Å². The topological polar surface area (TPSA) is 35.0 Å². The molecule has 0 aliphatic heterocycles. The molecule has 0 aromatic heterocycles. The summed E-state index contributed by atoms with van der Waals surface area (Å²) in [6.45, 7) is 0. The molecule has 0 unspecified atom stereocenters. The number of halogens is 3. The van der Waals surface area contributed by atoms with Crippen LogP contribution in [-0.2, 0) is 14.2 Å². The third-order valence-electron chi connectivity index (χ3n) is 0. The van der Waals surface area contributed by atoms with Gasteiger partial charge < -0.3 is 6.15 Å². The minimum absolute atomic E-state index is 0. The Morgan fingerprint density at radius 1 is 1.00 bits per heavy atom. The van der Waals surface area contributed by atoms with Crippen LogP contribution in [0, 0.1) is 0 Å². The first kappa shape index (κ1) is 16.1. The van der Waals surface area contributed by atoms with E-state index in [1.807, 2.05) is 0 Å². The van der Waals surface area contributed by atoms with Crippen molar-refractivity contribution in [1.82, 2.24) is 6.15 Å². The second kappa shape index (κ2) is 11.0. The summed E-state index contributed by atoms with van der Waals surface area (Å²) in [4.78, 5) is 0. The molecule has 0 spiro atoms. The third-order valence-corrected chi connectivity index (χ3v) is 0. The van der Waals surface area contributed by atoms with Crippen LogP contribution in [0.4, 0.5) is 0 Å². The first-order valence-corrected chi connectivity index (χ1v) is 8.81. The predicted octanol–water partition coefficient (Wildman–Crippen LogP) is 1.58. The van der Waals surface area contributed by atoms with E-state index in [-0.39, 0.29) is 57.5 Å². The minimum atomic E-state index is -1.85. The van der Waals surface area contributed by atoms with E-state index in [2.05, 4.69) is 0 Å². The molecule has 6 heteroatoms. The standard InChI is InChI=1S/3ClH.K.H3N.Pt.H/h3*1H;;1H3;;/q;;;;;+3;/p-3. The number of rotatable bonds is 0. The van der Waals surface area contributed by atoms with Gasteiger partial charge in [-0.25, -0.2) is 0 Å². The molecule has 0 aromatic carbocycles. The van der Waals surface area contributed by atoms with Crippen LogP contribution in [-0.4, -0.2) is 51.4 Å². The van der Waals surface area contributed by atoms with Gasteiger partial charge in [0, 0.05) is 0 Å². The van der Waals surface area contributed by atoms with E-state index in [1.165, 1.54) is 0 Å². The van der Waals surface area contributed by atoms with Crippen LogP contribution >= 0.6 is 28.3 Å². The fourth-order valence-electron chi connectivity index (χ4n) is 0. The summed E-state index contributed by atoms with van der Waals surface area (Å²) >= 11 is -1.85. The van der Waals surface area contributed by atoms with Gasteiger partial charge in [-0.1, -0.05) is 0 Å². The van der Waals surface area contributed by atoms with E-state index in [0.717, 1.165) is 0 Å². The maximum atomic E-state index is 4.96. The Hall–Kier alpha value is 3.15. The van der Waals surface area contributed by atoms with Crippen molar-refractivity contribution in [3.63, 3.8) is 0 Å². The Morgan fingerprint density at radius 2 is 1.00 bits per heavy atom. The molecule has 41 valence electrons. The van der Waals surface area contributed by atoms with Crippen LogP contribution in [0.3, 0.4) is 0 Å². The second-order valence-corrected chi connectivity index (χ2v) is 9.98. The molecule has 6 heavy (non-hydrogen) atoms. The van der Waals surface area contributed by atoms with Crippen molar-refractivity contribution in [2.45, 2.75) is 0 Å². The molecular weight excluding hydrogens is 355 g/mol. The average molecular weight is 359 g/mol. The molecule has 0 aliphatic carbocycles. The molecule has 0 atom stereocenters. The molecule has 0 fully saturated rings. The molecule has 1 nitrogen and oxygen atoms in total. The van der Waals surface area contributed by atoms with Crippen molar-refractivity contribution in [1.29, 1.82) is 0 Å². The molecule has 0 rings (SSSR count). The molecular formula is H4Cl3KNPt. The first-order valence-electron chi connectivity index (χ1n) is 0.359. The van der Waals surface area contributed by atoms with E-state index in [9.17, 15) is 0 Å². The van der Waals surface area contributed by atoms with Gasteiger partial charge in [0.25, 0.3) is 0 Å². The summed E-state index contributed by atoms with van der Waals surface area (Å²) in [5.74, 6) is 0. The van der Waals surface area contributed by atoms with Gasteiger partial charge in [0.1, 0.15) is 0 Å². The third kappa shape index (κ3) is 27.2. The van der Waals surface area contributed by atoms with Crippen LogP contribution in [0.25, 0.3) is 0 Å². The molecule has 0 radical (unpaired) electrons. The number of hydrogen-bond acceptors (Lipinski definition) is 1. The van der Waals surface area contributed by atoms with Gasteiger partial charge in [-0.3, -0.25) is 0 Å². The van der Waals surface area contributed by atoms with E-state index in [0.29, 0.717) is 0 Å². The van der Waals surface area contributed by atoms with Gasteiger partial charge >= 0.3 is 93.8 Å². The molecule has 0 aromatic rings. The van der Waals surface area contributed by atoms with Crippen molar-refractivity contribution in [2.75, 3.05) is 0 Å². The summed E-state index contributed by atoms with van der Waals surface area (Å²) in [6.07, 6.45) is 0. The van der Waals surface area contributed by atoms with Crippen LogP contribution in [0.5, 0.6) is 0 Å². The zero-order valence-electron chi connectivity index (χ0n) is 2.16. The van der Waals surface area contributed by atoms with Crippen LogP contribution < -0.4 is 6.15 Å². The van der Waals surface area contributed by atoms with Gasteiger partial charge in [-0.05, 0) is 0 Å². The molecule has 0 heterocycles. The zero-order chi connectivity index (χ0) is 3.58. The van der Waals surface area contributed by atoms with Crippen molar-refractivity contribution in [3.05, 3.63) is 0 Å². The monoisotopic (exact) mass is 357 g/mol.